The SMILES string of the molecule is COc1c(Cl)ccc2c(C=C3NC(=O)N(Cc4ccc(F)c(F)c4)C3=O)c[nH]c12. The molecule has 2 heterocycles. The van der Waals surface area contributed by atoms with Crippen LogP contribution in [0.25, 0.3) is 17.0 Å². The van der Waals surface area contributed by atoms with Crippen molar-refractivity contribution in [2.75, 3.05) is 7.11 Å². The van der Waals surface area contributed by atoms with Gasteiger partial charge in [0.15, 0.2) is 17.4 Å². The molecule has 1 aliphatic heterocycles. The third-order valence-electron chi connectivity index (χ3n) is 4.58. The van der Waals surface area contributed by atoms with Crippen LogP contribution in [-0.2, 0) is 11.3 Å². The number of aromatic nitrogens is 1. The number of H-pyrrole nitrogens is 1. The van der Waals surface area contributed by atoms with Crippen LogP contribution in [0.4, 0.5) is 13.6 Å². The van der Waals surface area contributed by atoms with E-state index in [1.165, 1.54) is 19.3 Å². The van der Waals surface area contributed by atoms with Crippen LogP contribution < -0.4 is 10.1 Å². The second kappa shape index (κ2) is 7.21. The number of benzene rings is 2. The number of halogens is 3. The van der Waals surface area contributed by atoms with E-state index in [2.05, 4.69) is 10.3 Å². The Hall–Kier alpha value is -3.39. The maximum Gasteiger partial charge on any atom is 0.329 e. The molecular weight excluding hydrogens is 404 g/mol. The monoisotopic (exact) mass is 417 g/mol. The molecule has 0 atom stereocenters. The van der Waals surface area contributed by atoms with Crippen LogP contribution in [0.1, 0.15) is 11.1 Å². The average molecular weight is 418 g/mol. The molecule has 6 nitrogen and oxygen atoms in total. The number of carbonyl (C=O) groups is 2. The van der Waals surface area contributed by atoms with E-state index >= 15 is 0 Å². The summed E-state index contributed by atoms with van der Waals surface area (Å²) >= 11 is 6.11. The molecular formula is C20H14ClF2N3O3. The topological polar surface area (TPSA) is 74.4 Å². The number of imide groups is 1. The molecule has 3 amide bonds. The van der Waals surface area contributed by atoms with Gasteiger partial charge in [0.1, 0.15) is 5.70 Å². The van der Waals surface area contributed by atoms with Gasteiger partial charge in [0, 0.05) is 17.1 Å². The van der Waals surface area contributed by atoms with Gasteiger partial charge in [-0.15, -0.1) is 0 Å². The number of hydrogen-bond donors (Lipinski definition) is 2. The number of hydrogen-bond acceptors (Lipinski definition) is 3. The van der Waals surface area contributed by atoms with Crippen molar-refractivity contribution < 1.29 is 23.1 Å². The third kappa shape index (κ3) is 3.31. The summed E-state index contributed by atoms with van der Waals surface area (Å²) in [7, 11) is 1.50. The summed E-state index contributed by atoms with van der Waals surface area (Å²) in [5.74, 6) is -2.15. The lowest BCUT2D eigenvalue weighted by atomic mass is 10.1. The first-order valence-corrected chi connectivity index (χ1v) is 8.89. The molecule has 1 aromatic heterocycles. The summed E-state index contributed by atoms with van der Waals surface area (Å²) in [4.78, 5) is 28.9. The van der Waals surface area contributed by atoms with Crippen molar-refractivity contribution in [2.24, 2.45) is 0 Å². The van der Waals surface area contributed by atoms with Gasteiger partial charge >= 0.3 is 6.03 Å². The van der Waals surface area contributed by atoms with Gasteiger partial charge in [-0.2, -0.15) is 0 Å². The zero-order valence-corrected chi connectivity index (χ0v) is 15.8. The molecule has 0 bridgehead atoms. The van der Waals surface area contributed by atoms with Crippen molar-refractivity contribution in [3.05, 3.63) is 70.0 Å². The molecule has 0 radical (unpaired) electrons. The fraction of sp³-hybridized carbons (Fsp3) is 0.100. The molecule has 4 rings (SSSR count). The second-order valence-electron chi connectivity index (χ2n) is 6.38. The highest BCUT2D eigenvalue weighted by atomic mass is 35.5. The van der Waals surface area contributed by atoms with E-state index in [1.54, 1.807) is 18.3 Å². The molecule has 1 saturated heterocycles. The number of urea groups is 1. The van der Waals surface area contributed by atoms with Crippen LogP contribution in [-0.4, -0.2) is 28.9 Å². The summed E-state index contributed by atoms with van der Waals surface area (Å²) in [6.45, 7) is -0.184. The molecule has 2 N–H and O–H groups in total. The normalized spacial score (nSPS) is 15.4. The zero-order chi connectivity index (χ0) is 20.7. The maximum atomic E-state index is 13.4. The van der Waals surface area contributed by atoms with Crippen LogP contribution >= 0.6 is 11.6 Å². The molecule has 2 aromatic carbocycles. The third-order valence-corrected chi connectivity index (χ3v) is 4.88. The Kier molecular flexibility index (Phi) is 4.71. The molecule has 0 unspecified atom stereocenters. The predicted molar refractivity (Wildman–Crippen MR) is 103 cm³/mol. The highest BCUT2D eigenvalue weighted by molar-refractivity contribution is 6.33. The number of carbonyl (C=O) groups excluding carboxylic acids is 2. The molecule has 3 aromatic rings. The molecule has 1 aliphatic rings. The van der Waals surface area contributed by atoms with Gasteiger partial charge in [-0.3, -0.25) is 9.69 Å². The Labute approximate surface area is 168 Å². The van der Waals surface area contributed by atoms with Crippen molar-refractivity contribution in [3.8, 4) is 5.75 Å². The van der Waals surface area contributed by atoms with E-state index in [0.29, 0.717) is 27.4 Å². The second-order valence-corrected chi connectivity index (χ2v) is 6.78. The smallest absolute Gasteiger partial charge is 0.329 e. The van der Waals surface area contributed by atoms with Gasteiger partial charge in [-0.25, -0.2) is 13.6 Å². The zero-order valence-electron chi connectivity index (χ0n) is 15.1. The van der Waals surface area contributed by atoms with E-state index in [-0.39, 0.29) is 12.2 Å². The number of nitrogens with one attached hydrogen (secondary N) is 2. The number of fused-ring (bicyclic) bond motifs is 1. The van der Waals surface area contributed by atoms with Gasteiger partial charge in [0.2, 0.25) is 0 Å². The number of amides is 3. The van der Waals surface area contributed by atoms with E-state index < -0.39 is 23.6 Å². The van der Waals surface area contributed by atoms with E-state index in [4.69, 9.17) is 16.3 Å². The first-order valence-electron chi connectivity index (χ1n) is 8.51. The molecule has 29 heavy (non-hydrogen) atoms. The van der Waals surface area contributed by atoms with Crippen LogP contribution in [0.3, 0.4) is 0 Å². The summed E-state index contributed by atoms with van der Waals surface area (Å²) in [5, 5.41) is 3.69. The van der Waals surface area contributed by atoms with Gasteiger partial charge in [0.05, 0.1) is 24.2 Å². The van der Waals surface area contributed by atoms with Crippen molar-refractivity contribution in [2.45, 2.75) is 6.54 Å². The molecule has 1 fully saturated rings. The minimum Gasteiger partial charge on any atom is -0.493 e. The Bertz CT molecular complexity index is 1190. The van der Waals surface area contributed by atoms with Crippen LogP contribution in [0.2, 0.25) is 5.02 Å². The Morgan fingerprint density at radius 3 is 2.69 bits per heavy atom. The molecule has 148 valence electrons. The highest BCUT2D eigenvalue weighted by Gasteiger charge is 2.33. The van der Waals surface area contributed by atoms with Crippen molar-refractivity contribution in [1.29, 1.82) is 0 Å². The predicted octanol–water partition coefficient (Wildman–Crippen LogP) is 4.20. The standard InChI is InChI=1S/C20H14ClF2N3O3/c1-29-18-13(21)4-3-12-11(8-24-17(12)18)7-16-19(27)26(20(28)25-16)9-10-2-5-14(22)15(23)6-10/h2-8,24H,9H2,1H3,(H,25,28). The van der Waals surface area contributed by atoms with Gasteiger partial charge in [-0.05, 0) is 29.8 Å². The van der Waals surface area contributed by atoms with Gasteiger partial charge in [-0.1, -0.05) is 23.7 Å². The number of rotatable bonds is 4. The lowest BCUT2D eigenvalue weighted by Crippen LogP contribution is -2.30. The minimum atomic E-state index is -1.04. The van der Waals surface area contributed by atoms with Crippen molar-refractivity contribution >= 4 is 40.5 Å². The molecule has 0 saturated carbocycles. The fourth-order valence-corrected chi connectivity index (χ4v) is 3.41. The molecule has 9 heteroatoms. The van der Waals surface area contributed by atoms with E-state index in [9.17, 15) is 18.4 Å². The highest BCUT2D eigenvalue weighted by Crippen LogP contribution is 2.35. The maximum absolute atomic E-state index is 13.4. The average Bonchev–Trinajstić information content (AvgIpc) is 3.21. The first-order chi connectivity index (χ1) is 13.9. The largest absolute Gasteiger partial charge is 0.493 e. The summed E-state index contributed by atoms with van der Waals surface area (Å²) in [5.41, 5.74) is 1.66. The fourth-order valence-electron chi connectivity index (χ4n) is 3.18. The van der Waals surface area contributed by atoms with Crippen LogP contribution in [0.15, 0.2) is 42.2 Å². The first kappa shape index (κ1) is 18.9. The van der Waals surface area contributed by atoms with E-state index in [0.717, 1.165) is 22.4 Å². The summed E-state index contributed by atoms with van der Waals surface area (Å²) in [6, 6.07) is 6.01. The quantitative estimate of drug-likeness (QED) is 0.493. The lowest BCUT2D eigenvalue weighted by Gasteiger charge is -2.11. The van der Waals surface area contributed by atoms with Crippen molar-refractivity contribution in [3.63, 3.8) is 0 Å². The number of methoxy groups -OCH3 is 1. The Morgan fingerprint density at radius 2 is 1.97 bits per heavy atom. The minimum absolute atomic E-state index is 0.0624. The molecule has 0 aliphatic carbocycles. The summed E-state index contributed by atoms with van der Waals surface area (Å²) in [6.07, 6.45) is 3.19. The van der Waals surface area contributed by atoms with Crippen molar-refractivity contribution in [1.82, 2.24) is 15.2 Å². The van der Waals surface area contributed by atoms with Crippen LogP contribution in [0, 0.1) is 11.6 Å². The van der Waals surface area contributed by atoms with E-state index in [1.807, 2.05) is 0 Å². The van der Waals surface area contributed by atoms with Crippen LogP contribution in [0.5, 0.6) is 5.75 Å². The number of ether oxygens (including phenoxy) is 1. The number of nitrogens with zero attached hydrogens (tertiary/aromatic N) is 1. The Balaban J connectivity index is 1.64. The molecule has 0 spiro atoms. The van der Waals surface area contributed by atoms with Gasteiger partial charge in [0.25, 0.3) is 5.91 Å². The lowest BCUT2D eigenvalue weighted by molar-refractivity contribution is -0.123. The Morgan fingerprint density at radius 1 is 1.17 bits per heavy atom. The van der Waals surface area contributed by atoms with Gasteiger partial charge < -0.3 is 15.0 Å². The summed E-state index contributed by atoms with van der Waals surface area (Å²) < 4.78 is 31.8. The number of aromatic amines is 1.